The molecule has 0 bridgehead atoms. The Balaban J connectivity index is 1.52. The molecular weight excluding hydrogens is 382 g/mol. The van der Waals surface area contributed by atoms with Gasteiger partial charge in [0.2, 0.25) is 11.8 Å². The third kappa shape index (κ3) is 3.22. The maximum atomic E-state index is 12.9. The van der Waals surface area contributed by atoms with E-state index in [9.17, 15) is 14.4 Å². The number of fused-ring (bicyclic) bond motifs is 1. The summed E-state index contributed by atoms with van der Waals surface area (Å²) in [6.07, 6.45) is 1.34. The summed E-state index contributed by atoms with van der Waals surface area (Å²) in [5, 5.41) is 2.83. The van der Waals surface area contributed by atoms with Crippen molar-refractivity contribution in [2.24, 2.45) is 0 Å². The molecule has 1 atom stereocenters. The molecule has 0 radical (unpaired) electrons. The Bertz CT molecular complexity index is 1030. The zero-order valence-electron chi connectivity index (χ0n) is 17.0. The van der Waals surface area contributed by atoms with Crippen LogP contribution in [0.25, 0.3) is 5.70 Å². The molecule has 1 fully saturated rings. The Morgan fingerprint density at radius 2 is 1.90 bits per heavy atom. The van der Waals surface area contributed by atoms with E-state index in [1.165, 1.54) is 12.0 Å². The lowest BCUT2D eigenvalue weighted by atomic mass is 10.1. The lowest BCUT2D eigenvalue weighted by Gasteiger charge is -2.25. The Kier molecular flexibility index (Phi) is 5.03. The normalized spacial score (nSPS) is 16.7. The molecule has 1 N–H and O–H groups in total. The molecule has 3 amide bonds. The Morgan fingerprint density at radius 1 is 1.17 bits per heavy atom. The van der Waals surface area contributed by atoms with E-state index in [0.717, 1.165) is 12.0 Å². The van der Waals surface area contributed by atoms with Gasteiger partial charge >= 0.3 is 0 Å². The van der Waals surface area contributed by atoms with Crippen LogP contribution in [-0.2, 0) is 9.59 Å². The van der Waals surface area contributed by atoms with Crippen molar-refractivity contribution in [2.75, 3.05) is 23.9 Å². The minimum atomic E-state index is -0.747. The van der Waals surface area contributed by atoms with E-state index in [4.69, 9.17) is 4.74 Å². The first-order valence-corrected chi connectivity index (χ1v) is 9.83. The molecular formula is C23H23N3O4. The highest BCUT2D eigenvalue weighted by molar-refractivity contribution is 6.12. The number of anilines is 2. The van der Waals surface area contributed by atoms with E-state index in [1.807, 2.05) is 12.1 Å². The topological polar surface area (TPSA) is 79.0 Å². The van der Waals surface area contributed by atoms with Gasteiger partial charge in [-0.1, -0.05) is 24.8 Å². The van der Waals surface area contributed by atoms with Crippen LogP contribution in [0.5, 0.6) is 5.75 Å². The summed E-state index contributed by atoms with van der Waals surface area (Å²) >= 11 is 0. The second kappa shape index (κ2) is 7.67. The van der Waals surface area contributed by atoms with Crippen molar-refractivity contribution in [1.82, 2.24) is 4.90 Å². The maximum absolute atomic E-state index is 12.9. The van der Waals surface area contributed by atoms with Crippen molar-refractivity contribution >= 4 is 34.8 Å². The molecule has 1 unspecified atom stereocenters. The second-order valence-corrected chi connectivity index (χ2v) is 7.37. The number of methoxy groups -OCH3 is 1. The number of nitrogens with one attached hydrogen (secondary N) is 1. The van der Waals surface area contributed by atoms with Gasteiger partial charge in [0.05, 0.1) is 12.8 Å². The number of nitrogens with zero attached hydrogens (tertiary/aromatic N) is 2. The predicted molar refractivity (Wildman–Crippen MR) is 114 cm³/mol. The molecule has 0 saturated carbocycles. The van der Waals surface area contributed by atoms with Crippen molar-refractivity contribution in [2.45, 2.75) is 25.8 Å². The Hall–Kier alpha value is -3.61. The molecule has 0 aliphatic carbocycles. The van der Waals surface area contributed by atoms with Crippen LogP contribution in [0.1, 0.15) is 35.7 Å². The first-order valence-electron chi connectivity index (χ1n) is 9.83. The van der Waals surface area contributed by atoms with Gasteiger partial charge in [-0.15, -0.1) is 0 Å². The van der Waals surface area contributed by atoms with E-state index < -0.39 is 6.04 Å². The molecule has 2 aromatic carbocycles. The minimum Gasteiger partial charge on any atom is -0.494 e. The molecule has 2 aromatic rings. The van der Waals surface area contributed by atoms with Crippen molar-refractivity contribution in [3.05, 3.63) is 60.2 Å². The third-order valence-corrected chi connectivity index (χ3v) is 5.56. The summed E-state index contributed by atoms with van der Waals surface area (Å²) in [6.45, 7) is 6.31. The largest absolute Gasteiger partial charge is 0.494 e. The number of hydrogen-bond donors (Lipinski definition) is 1. The first-order chi connectivity index (χ1) is 14.4. The van der Waals surface area contributed by atoms with Crippen LogP contribution >= 0.6 is 0 Å². The number of carbonyl (C=O) groups excluding carboxylic acids is 3. The van der Waals surface area contributed by atoms with Gasteiger partial charge in [0.15, 0.2) is 0 Å². The van der Waals surface area contributed by atoms with Gasteiger partial charge in [-0.3, -0.25) is 19.3 Å². The van der Waals surface area contributed by atoms with E-state index in [0.29, 0.717) is 41.4 Å². The minimum absolute atomic E-state index is 0.0596. The fourth-order valence-electron chi connectivity index (χ4n) is 3.96. The van der Waals surface area contributed by atoms with Crippen molar-refractivity contribution in [3.63, 3.8) is 0 Å². The van der Waals surface area contributed by atoms with Gasteiger partial charge in [-0.05, 0) is 31.5 Å². The predicted octanol–water partition coefficient (Wildman–Crippen LogP) is 3.28. The van der Waals surface area contributed by atoms with Crippen molar-refractivity contribution in [3.8, 4) is 5.75 Å². The standard InChI is InChI=1S/C23H23N3O4/c1-14-17-7-4-5-8-18(17)23(29)26(14)15(2)22(28)24-16-10-11-19(20(13-16)30-3)25-12-6-9-21(25)27/h4-5,7-8,10-11,13,15H,1,6,9,12H2,2-3H3,(H,24,28). The van der Waals surface area contributed by atoms with Crippen LogP contribution in [0, 0.1) is 0 Å². The molecule has 154 valence electrons. The van der Waals surface area contributed by atoms with Gasteiger partial charge in [0.25, 0.3) is 5.91 Å². The zero-order chi connectivity index (χ0) is 21.4. The number of carbonyl (C=O) groups is 3. The van der Waals surface area contributed by atoms with Crippen LogP contribution in [0.4, 0.5) is 11.4 Å². The summed E-state index contributed by atoms with van der Waals surface area (Å²) < 4.78 is 5.44. The first kappa shape index (κ1) is 19.7. The smallest absolute Gasteiger partial charge is 0.259 e. The molecule has 4 rings (SSSR count). The fourth-order valence-corrected chi connectivity index (χ4v) is 3.96. The monoisotopic (exact) mass is 405 g/mol. The Morgan fingerprint density at radius 3 is 2.53 bits per heavy atom. The number of ether oxygens (including phenoxy) is 1. The van der Waals surface area contributed by atoms with E-state index in [2.05, 4.69) is 11.9 Å². The average molecular weight is 405 g/mol. The molecule has 0 aromatic heterocycles. The highest BCUT2D eigenvalue weighted by Crippen LogP contribution is 2.35. The van der Waals surface area contributed by atoms with Gasteiger partial charge in [0, 0.05) is 41.5 Å². The van der Waals surface area contributed by atoms with Gasteiger partial charge < -0.3 is 15.0 Å². The number of amides is 3. The quantitative estimate of drug-likeness (QED) is 0.828. The van der Waals surface area contributed by atoms with E-state index in [1.54, 1.807) is 42.2 Å². The van der Waals surface area contributed by atoms with Crippen LogP contribution in [-0.4, -0.2) is 42.3 Å². The van der Waals surface area contributed by atoms with Gasteiger partial charge in [0.1, 0.15) is 11.8 Å². The van der Waals surface area contributed by atoms with E-state index in [-0.39, 0.29) is 17.7 Å². The molecule has 2 heterocycles. The van der Waals surface area contributed by atoms with Crippen molar-refractivity contribution < 1.29 is 19.1 Å². The van der Waals surface area contributed by atoms with Crippen molar-refractivity contribution in [1.29, 1.82) is 0 Å². The lowest BCUT2D eigenvalue weighted by molar-refractivity contribution is -0.119. The highest BCUT2D eigenvalue weighted by atomic mass is 16.5. The SMILES string of the molecule is C=C1c2ccccc2C(=O)N1C(C)C(=O)Nc1ccc(N2CCCC2=O)c(OC)c1. The summed E-state index contributed by atoms with van der Waals surface area (Å²) in [5.74, 6) is -0.0165. The zero-order valence-corrected chi connectivity index (χ0v) is 17.0. The molecule has 2 aliphatic rings. The number of benzene rings is 2. The third-order valence-electron chi connectivity index (χ3n) is 5.56. The summed E-state index contributed by atoms with van der Waals surface area (Å²) in [4.78, 5) is 40.8. The molecule has 1 saturated heterocycles. The van der Waals surface area contributed by atoms with Gasteiger partial charge in [-0.25, -0.2) is 0 Å². The molecule has 7 nitrogen and oxygen atoms in total. The number of hydrogen-bond acceptors (Lipinski definition) is 4. The summed E-state index contributed by atoms with van der Waals surface area (Å²) in [7, 11) is 1.53. The van der Waals surface area contributed by atoms with Crippen LogP contribution in [0.3, 0.4) is 0 Å². The van der Waals surface area contributed by atoms with Gasteiger partial charge in [-0.2, -0.15) is 0 Å². The maximum Gasteiger partial charge on any atom is 0.259 e. The lowest BCUT2D eigenvalue weighted by Crippen LogP contribution is -2.41. The summed E-state index contributed by atoms with van der Waals surface area (Å²) in [5.41, 5.74) is 3.00. The van der Waals surface area contributed by atoms with Crippen LogP contribution in [0.2, 0.25) is 0 Å². The molecule has 2 aliphatic heterocycles. The highest BCUT2D eigenvalue weighted by Gasteiger charge is 2.36. The fraction of sp³-hybridized carbons (Fsp3) is 0.261. The van der Waals surface area contributed by atoms with E-state index >= 15 is 0 Å². The second-order valence-electron chi connectivity index (χ2n) is 7.37. The average Bonchev–Trinajstić information content (AvgIpc) is 3.28. The van der Waals surface area contributed by atoms with Crippen LogP contribution < -0.4 is 15.0 Å². The number of rotatable bonds is 5. The van der Waals surface area contributed by atoms with Crippen LogP contribution in [0.15, 0.2) is 49.0 Å². The molecule has 7 heteroatoms. The summed E-state index contributed by atoms with van der Waals surface area (Å²) in [6, 6.07) is 11.6. The molecule has 0 spiro atoms. The molecule has 30 heavy (non-hydrogen) atoms. The Labute approximate surface area is 174 Å².